The number of hydrogen-bond acceptors (Lipinski definition) is 2. The van der Waals surface area contributed by atoms with Gasteiger partial charge in [0.2, 0.25) is 0 Å². The predicted molar refractivity (Wildman–Crippen MR) is 48.2 cm³/mol. The Morgan fingerprint density at radius 3 is 2.17 bits per heavy atom. The van der Waals surface area contributed by atoms with E-state index in [0.717, 1.165) is 5.56 Å². The standard InChI is InChI=1S/C8H8O2.CH5N/c1-6-4-2-3-5-7(6)8(9)10;1-2/h2-5H,1H3,(H,9,10);2H2,1H3. The first kappa shape index (κ1) is 10.7. The van der Waals surface area contributed by atoms with Gasteiger partial charge in [0.25, 0.3) is 0 Å². The molecular weight excluding hydrogens is 154 g/mol. The second-order valence-electron chi connectivity index (χ2n) is 2.12. The fourth-order valence-electron chi connectivity index (χ4n) is 0.813. The number of benzene rings is 1. The Labute approximate surface area is 71.8 Å². The molecule has 3 nitrogen and oxygen atoms in total. The third kappa shape index (κ3) is 2.72. The number of carbonyl (C=O) groups is 1. The van der Waals surface area contributed by atoms with Crippen molar-refractivity contribution in [2.45, 2.75) is 6.92 Å². The topological polar surface area (TPSA) is 63.3 Å². The molecule has 1 aromatic carbocycles. The van der Waals surface area contributed by atoms with E-state index >= 15 is 0 Å². The summed E-state index contributed by atoms with van der Waals surface area (Å²) < 4.78 is 0. The van der Waals surface area contributed by atoms with Crippen LogP contribution in [0.5, 0.6) is 0 Å². The van der Waals surface area contributed by atoms with Gasteiger partial charge in [-0.25, -0.2) is 4.79 Å². The van der Waals surface area contributed by atoms with Crippen LogP contribution in [0.4, 0.5) is 0 Å². The summed E-state index contributed by atoms with van der Waals surface area (Å²) in [6.45, 7) is 1.78. The van der Waals surface area contributed by atoms with Crippen LogP contribution in [0.15, 0.2) is 24.3 Å². The maximum Gasteiger partial charge on any atom is 0.335 e. The average molecular weight is 167 g/mol. The molecule has 0 unspecified atom stereocenters. The van der Waals surface area contributed by atoms with E-state index in [0.29, 0.717) is 5.56 Å². The lowest BCUT2D eigenvalue weighted by Crippen LogP contribution is -1.97. The minimum atomic E-state index is -0.863. The third-order valence-corrected chi connectivity index (χ3v) is 1.38. The minimum Gasteiger partial charge on any atom is -0.478 e. The van der Waals surface area contributed by atoms with E-state index in [1.54, 1.807) is 25.1 Å². The van der Waals surface area contributed by atoms with E-state index in [-0.39, 0.29) is 0 Å². The number of hydrogen-bond donors (Lipinski definition) is 2. The van der Waals surface area contributed by atoms with Gasteiger partial charge in [0.05, 0.1) is 5.56 Å². The zero-order chi connectivity index (χ0) is 9.56. The Morgan fingerprint density at radius 1 is 1.33 bits per heavy atom. The van der Waals surface area contributed by atoms with Crippen LogP contribution in [0, 0.1) is 6.92 Å². The van der Waals surface area contributed by atoms with E-state index in [1.165, 1.54) is 7.05 Å². The largest absolute Gasteiger partial charge is 0.478 e. The van der Waals surface area contributed by atoms with Crippen LogP contribution in [0.3, 0.4) is 0 Å². The molecule has 3 heteroatoms. The van der Waals surface area contributed by atoms with Crippen molar-refractivity contribution in [1.82, 2.24) is 0 Å². The van der Waals surface area contributed by atoms with Gasteiger partial charge in [0, 0.05) is 0 Å². The van der Waals surface area contributed by atoms with Gasteiger partial charge in [-0.3, -0.25) is 0 Å². The summed E-state index contributed by atoms with van der Waals surface area (Å²) in [4.78, 5) is 10.4. The van der Waals surface area contributed by atoms with Crippen molar-refractivity contribution >= 4 is 5.97 Å². The van der Waals surface area contributed by atoms with Crippen LogP contribution in [0.2, 0.25) is 0 Å². The molecule has 0 atom stereocenters. The highest BCUT2D eigenvalue weighted by atomic mass is 16.4. The van der Waals surface area contributed by atoms with Gasteiger partial charge in [-0.1, -0.05) is 18.2 Å². The van der Waals surface area contributed by atoms with E-state index in [4.69, 9.17) is 5.11 Å². The number of rotatable bonds is 1. The number of aromatic carboxylic acids is 1. The van der Waals surface area contributed by atoms with Crippen LogP contribution in [0.1, 0.15) is 15.9 Å². The second kappa shape index (κ2) is 5.32. The number of carboxylic acid groups (broad SMARTS) is 1. The maximum absolute atomic E-state index is 10.4. The van der Waals surface area contributed by atoms with Crippen molar-refractivity contribution in [3.63, 3.8) is 0 Å². The molecule has 0 aliphatic carbocycles. The van der Waals surface area contributed by atoms with Gasteiger partial charge < -0.3 is 10.8 Å². The molecule has 1 rings (SSSR count). The summed E-state index contributed by atoms with van der Waals surface area (Å²) in [5.41, 5.74) is 5.68. The zero-order valence-electron chi connectivity index (χ0n) is 7.24. The number of aryl methyl sites for hydroxylation is 1. The summed E-state index contributed by atoms with van der Waals surface area (Å²) in [7, 11) is 1.50. The van der Waals surface area contributed by atoms with Gasteiger partial charge in [-0.05, 0) is 25.6 Å². The molecule has 0 aliphatic rings. The molecule has 0 fully saturated rings. The number of nitrogens with two attached hydrogens (primary N) is 1. The quantitative estimate of drug-likeness (QED) is 0.662. The van der Waals surface area contributed by atoms with Crippen LogP contribution < -0.4 is 5.73 Å². The molecule has 12 heavy (non-hydrogen) atoms. The first-order chi connectivity index (χ1) is 5.72. The Kier molecular flexibility index (Phi) is 4.72. The van der Waals surface area contributed by atoms with Crippen LogP contribution in [0.25, 0.3) is 0 Å². The van der Waals surface area contributed by atoms with Crippen LogP contribution >= 0.6 is 0 Å². The first-order valence-electron chi connectivity index (χ1n) is 3.58. The molecule has 0 bridgehead atoms. The SMILES string of the molecule is CN.Cc1ccccc1C(=O)O. The van der Waals surface area contributed by atoms with Crippen LogP contribution in [-0.2, 0) is 0 Å². The highest BCUT2D eigenvalue weighted by Gasteiger charge is 2.02. The third-order valence-electron chi connectivity index (χ3n) is 1.38. The molecular formula is C9H13NO2. The molecule has 0 saturated carbocycles. The second-order valence-corrected chi connectivity index (χ2v) is 2.12. The van der Waals surface area contributed by atoms with Crippen molar-refractivity contribution in [1.29, 1.82) is 0 Å². The lowest BCUT2D eigenvalue weighted by Gasteiger charge is -1.96. The van der Waals surface area contributed by atoms with Gasteiger partial charge in [-0.2, -0.15) is 0 Å². The highest BCUT2D eigenvalue weighted by molar-refractivity contribution is 5.89. The molecule has 0 radical (unpaired) electrons. The molecule has 1 aromatic rings. The van der Waals surface area contributed by atoms with Crippen molar-refractivity contribution in [3.8, 4) is 0 Å². The minimum absolute atomic E-state index is 0.377. The van der Waals surface area contributed by atoms with E-state index in [1.807, 2.05) is 6.07 Å². The normalized spacial score (nSPS) is 8.25. The molecule has 0 amide bonds. The summed E-state index contributed by atoms with van der Waals surface area (Å²) in [5.74, 6) is -0.863. The molecule has 0 heterocycles. The zero-order valence-corrected chi connectivity index (χ0v) is 7.24. The van der Waals surface area contributed by atoms with Gasteiger partial charge in [0.1, 0.15) is 0 Å². The average Bonchev–Trinajstić information content (AvgIpc) is 2.08. The first-order valence-corrected chi connectivity index (χ1v) is 3.58. The van der Waals surface area contributed by atoms with Crippen molar-refractivity contribution in [3.05, 3.63) is 35.4 Å². The Morgan fingerprint density at radius 2 is 1.83 bits per heavy atom. The van der Waals surface area contributed by atoms with E-state index in [9.17, 15) is 4.79 Å². The lowest BCUT2D eigenvalue weighted by atomic mass is 10.1. The summed E-state index contributed by atoms with van der Waals surface area (Å²) in [6.07, 6.45) is 0. The van der Waals surface area contributed by atoms with Crippen molar-refractivity contribution < 1.29 is 9.90 Å². The van der Waals surface area contributed by atoms with E-state index < -0.39 is 5.97 Å². The van der Waals surface area contributed by atoms with E-state index in [2.05, 4.69) is 5.73 Å². The smallest absolute Gasteiger partial charge is 0.335 e. The Balaban J connectivity index is 0.000000561. The summed E-state index contributed by atoms with van der Waals surface area (Å²) >= 11 is 0. The fraction of sp³-hybridized carbons (Fsp3) is 0.222. The molecule has 66 valence electrons. The summed E-state index contributed by atoms with van der Waals surface area (Å²) in [6, 6.07) is 6.92. The molecule has 3 N–H and O–H groups in total. The Hall–Kier alpha value is -1.35. The lowest BCUT2D eigenvalue weighted by molar-refractivity contribution is 0.0696. The van der Waals surface area contributed by atoms with Crippen molar-refractivity contribution in [2.75, 3.05) is 7.05 Å². The molecule has 0 saturated heterocycles. The number of carboxylic acids is 1. The Bertz CT molecular complexity index is 258. The highest BCUT2D eigenvalue weighted by Crippen LogP contribution is 2.05. The van der Waals surface area contributed by atoms with Gasteiger partial charge in [0.15, 0.2) is 0 Å². The molecule has 0 aliphatic heterocycles. The monoisotopic (exact) mass is 167 g/mol. The van der Waals surface area contributed by atoms with Gasteiger partial charge in [-0.15, -0.1) is 0 Å². The van der Waals surface area contributed by atoms with Crippen molar-refractivity contribution in [2.24, 2.45) is 5.73 Å². The van der Waals surface area contributed by atoms with Crippen LogP contribution in [-0.4, -0.2) is 18.1 Å². The molecule has 0 spiro atoms. The fourth-order valence-corrected chi connectivity index (χ4v) is 0.813. The van der Waals surface area contributed by atoms with Gasteiger partial charge >= 0.3 is 5.97 Å². The summed E-state index contributed by atoms with van der Waals surface area (Å²) in [5, 5.41) is 8.57. The molecule has 0 aromatic heterocycles. The maximum atomic E-state index is 10.4. The predicted octanol–water partition coefficient (Wildman–Crippen LogP) is 1.27.